The molecule has 0 atom stereocenters. The van der Waals surface area contributed by atoms with E-state index >= 15 is 0 Å². The number of nitro groups is 1. The minimum Gasteiger partial charge on any atom is -0.505 e. The van der Waals surface area contributed by atoms with E-state index in [4.69, 9.17) is 6.57 Å². The lowest BCUT2D eigenvalue weighted by Crippen LogP contribution is -2.20. The quantitative estimate of drug-likeness (QED) is 0.339. The largest absolute Gasteiger partial charge is 0.505 e. The van der Waals surface area contributed by atoms with Gasteiger partial charge in [-0.3, -0.25) is 19.5 Å². The molecule has 0 unspecified atom stereocenters. The number of nitrogens with zero attached hydrogens (tertiary/aromatic N) is 5. The molecule has 0 spiro atoms. The van der Waals surface area contributed by atoms with Crippen molar-refractivity contribution < 1.29 is 15.1 Å². The minimum atomic E-state index is -0.667. The van der Waals surface area contributed by atoms with Crippen molar-refractivity contribution in [3.05, 3.63) is 55.6 Å². The minimum absolute atomic E-state index is 0.0723. The van der Waals surface area contributed by atoms with E-state index < -0.39 is 22.1 Å². The van der Waals surface area contributed by atoms with Crippen molar-refractivity contribution in [1.29, 1.82) is 0 Å². The van der Waals surface area contributed by atoms with E-state index in [-0.39, 0.29) is 34.9 Å². The van der Waals surface area contributed by atoms with E-state index in [1.807, 2.05) is 6.92 Å². The molecule has 140 valence electrons. The Morgan fingerprint density at radius 1 is 1.33 bits per heavy atom. The lowest BCUT2D eigenvalue weighted by Gasteiger charge is -2.12. The van der Waals surface area contributed by atoms with Crippen LogP contribution in [0, 0.1) is 23.6 Å². The first-order chi connectivity index (χ1) is 12.8. The molecule has 0 bridgehead atoms. The van der Waals surface area contributed by atoms with Crippen LogP contribution in [0.5, 0.6) is 11.6 Å². The van der Waals surface area contributed by atoms with Crippen LogP contribution in [0.2, 0.25) is 0 Å². The maximum atomic E-state index is 12.6. The summed E-state index contributed by atoms with van der Waals surface area (Å²) in [5.41, 5.74) is -1.09. The summed E-state index contributed by atoms with van der Waals surface area (Å²) < 4.78 is 1.06. The highest BCUT2D eigenvalue weighted by Crippen LogP contribution is 2.36. The van der Waals surface area contributed by atoms with Crippen LogP contribution < -0.4 is 5.56 Å². The van der Waals surface area contributed by atoms with Gasteiger partial charge in [0.25, 0.3) is 11.2 Å². The van der Waals surface area contributed by atoms with E-state index in [9.17, 15) is 25.1 Å². The Morgan fingerprint density at radius 3 is 2.59 bits per heavy atom. The number of unbranched alkanes of at least 4 members (excludes halogenated alkanes) is 1. The van der Waals surface area contributed by atoms with Gasteiger partial charge in [-0.15, -0.1) is 10.2 Å². The van der Waals surface area contributed by atoms with Gasteiger partial charge >= 0.3 is 0 Å². The predicted octanol–water partition coefficient (Wildman–Crippen LogP) is 4.24. The molecule has 2 N–H and O–H groups in total. The first-order valence-corrected chi connectivity index (χ1v) is 8.04. The first-order valence-electron chi connectivity index (χ1n) is 8.04. The first kappa shape index (κ1) is 19.6. The van der Waals surface area contributed by atoms with E-state index in [1.165, 1.54) is 13.0 Å². The zero-order valence-corrected chi connectivity index (χ0v) is 14.7. The average molecular weight is 371 g/mol. The maximum absolute atomic E-state index is 12.6. The van der Waals surface area contributed by atoms with Crippen molar-refractivity contribution in [2.45, 2.75) is 33.2 Å². The molecule has 10 nitrogen and oxygen atoms in total. The Kier molecular flexibility index (Phi) is 5.87. The number of aromatic nitrogens is 1. The van der Waals surface area contributed by atoms with Crippen LogP contribution in [-0.4, -0.2) is 19.7 Å². The van der Waals surface area contributed by atoms with Crippen molar-refractivity contribution >= 4 is 22.7 Å². The molecule has 1 heterocycles. The van der Waals surface area contributed by atoms with Gasteiger partial charge < -0.3 is 10.2 Å². The van der Waals surface area contributed by atoms with Crippen molar-refractivity contribution in [1.82, 2.24) is 4.57 Å². The number of non-ortho nitro benzene ring substituents is 1. The van der Waals surface area contributed by atoms with Crippen LogP contribution in [0.1, 0.15) is 25.3 Å². The zero-order chi connectivity index (χ0) is 20.1. The molecule has 0 radical (unpaired) electrons. The van der Waals surface area contributed by atoms with Gasteiger partial charge in [0, 0.05) is 12.6 Å². The molecule has 1 aromatic heterocycles. The molecule has 2 rings (SSSR count). The second-order valence-corrected chi connectivity index (χ2v) is 5.70. The summed E-state index contributed by atoms with van der Waals surface area (Å²) in [6.07, 6.45) is 1.40. The number of benzene rings is 1. The van der Waals surface area contributed by atoms with Gasteiger partial charge in [0.05, 0.1) is 17.6 Å². The average Bonchev–Trinajstić information content (AvgIpc) is 2.62. The Morgan fingerprint density at radius 2 is 2.04 bits per heavy atom. The van der Waals surface area contributed by atoms with Crippen LogP contribution in [0.3, 0.4) is 0 Å². The molecule has 1 aromatic carbocycles. The van der Waals surface area contributed by atoms with Crippen molar-refractivity contribution in [3.8, 4) is 11.6 Å². The normalized spacial score (nSPS) is 10.9. The van der Waals surface area contributed by atoms with Gasteiger partial charge in [-0.05, 0) is 25.0 Å². The molecule has 0 aliphatic heterocycles. The van der Waals surface area contributed by atoms with Crippen molar-refractivity contribution in [2.75, 3.05) is 0 Å². The van der Waals surface area contributed by atoms with E-state index in [1.54, 1.807) is 0 Å². The number of pyridine rings is 1. The fourth-order valence-electron chi connectivity index (χ4n) is 2.38. The fourth-order valence-corrected chi connectivity index (χ4v) is 2.38. The van der Waals surface area contributed by atoms with E-state index in [0.29, 0.717) is 6.42 Å². The Hall–Kier alpha value is -3.74. The monoisotopic (exact) mass is 371 g/mol. The lowest BCUT2D eigenvalue weighted by molar-refractivity contribution is -0.384. The summed E-state index contributed by atoms with van der Waals surface area (Å²) in [5.74, 6) is -0.890. The van der Waals surface area contributed by atoms with Gasteiger partial charge in [0.1, 0.15) is 17.1 Å². The third kappa shape index (κ3) is 3.92. The smallest absolute Gasteiger partial charge is 0.279 e. The van der Waals surface area contributed by atoms with Crippen molar-refractivity contribution in [3.63, 3.8) is 0 Å². The molecule has 10 heteroatoms. The number of phenolic OH excluding ortho intramolecular Hbond substituents is 1. The van der Waals surface area contributed by atoms with Gasteiger partial charge in [0.2, 0.25) is 5.69 Å². The maximum Gasteiger partial charge on any atom is 0.279 e. The number of aromatic hydroxyl groups is 2. The van der Waals surface area contributed by atoms with Crippen LogP contribution in [-0.2, 0) is 6.54 Å². The third-order valence-corrected chi connectivity index (χ3v) is 3.90. The van der Waals surface area contributed by atoms with Crippen LogP contribution in [0.25, 0.3) is 4.85 Å². The van der Waals surface area contributed by atoms with E-state index in [2.05, 4.69) is 15.1 Å². The highest BCUT2D eigenvalue weighted by atomic mass is 16.6. The van der Waals surface area contributed by atoms with Crippen LogP contribution >= 0.6 is 0 Å². The standard InChI is InChI=1S/C17H17N5O5/c1-4-5-8-21-16(24)14(18-3)10(2)15(17(21)25)20-19-12-7-6-11(22(26)27)9-13(12)23/h6-7,9,23-24H,4-5,8H2,1-2H3. The van der Waals surface area contributed by atoms with Crippen LogP contribution in [0.4, 0.5) is 22.7 Å². The van der Waals surface area contributed by atoms with Gasteiger partial charge in [0.15, 0.2) is 5.88 Å². The molecular formula is C17H17N5O5. The second kappa shape index (κ2) is 8.09. The number of hydrogen-bond acceptors (Lipinski definition) is 7. The lowest BCUT2D eigenvalue weighted by atomic mass is 10.2. The molecular weight excluding hydrogens is 354 g/mol. The Bertz CT molecular complexity index is 1020. The highest BCUT2D eigenvalue weighted by molar-refractivity contribution is 5.67. The Labute approximate surface area is 154 Å². The summed E-state index contributed by atoms with van der Waals surface area (Å²) in [4.78, 5) is 25.9. The number of azo groups is 1. The van der Waals surface area contributed by atoms with Gasteiger partial charge in [-0.2, -0.15) is 0 Å². The molecule has 0 saturated carbocycles. The van der Waals surface area contributed by atoms with Crippen molar-refractivity contribution in [2.24, 2.45) is 10.2 Å². The summed E-state index contributed by atoms with van der Waals surface area (Å²) >= 11 is 0. The number of nitro benzene ring substituents is 1. The SMILES string of the molecule is [C-]#[N+]c1c(C)c(N=Nc2ccc([N+](=O)[O-])cc2O)c(=O)n(CCCC)c1O. The topological polar surface area (TPSA) is 135 Å². The molecule has 0 aliphatic carbocycles. The van der Waals surface area contributed by atoms with Gasteiger partial charge in [-0.25, -0.2) is 4.85 Å². The number of phenols is 1. The summed E-state index contributed by atoms with van der Waals surface area (Å²) in [5, 5.41) is 38.3. The molecule has 0 fully saturated rings. The summed E-state index contributed by atoms with van der Waals surface area (Å²) in [7, 11) is 0. The molecule has 2 aromatic rings. The molecule has 0 aliphatic rings. The van der Waals surface area contributed by atoms with E-state index in [0.717, 1.165) is 23.1 Å². The van der Waals surface area contributed by atoms with Crippen LogP contribution in [0.15, 0.2) is 33.2 Å². The molecule has 27 heavy (non-hydrogen) atoms. The molecule has 0 amide bonds. The van der Waals surface area contributed by atoms with Gasteiger partial charge in [-0.1, -0.05) is 13.3 Å². The predicted molar refractivity (Wildman–Crippen MR) is 97.2 cm³/mol. The molecule has 0 saturated heterocycles. The highest BCUT2D eigenvalue weighted by Gasteiger charge is 2.19. The zero-order valence-electron chi connectivity index (χ0n) is 14.7. The second-order valence-electron chi connectivity index (χ2n) is 5.70. The fraction of sp³-hybridized carbons (Fsp3) is 0.294. The summed E-state index contributed by atoms with van der Waals surface area (Å²) in [6.45, 7) is 10.8. The third-order valence-electron chi connectivity index (χ3n) is 3.90. The number of hydrogen-bond donors (Lipinski definition) is 2. The summed E-state index contributed by atoms with van der Waals surface area (Å²) in [6, 6.07) is 3.25. The number of rotatable bonds is 6. The Balaban J connectivity index is 2.56.